The number of anilines is 1. The molecular weight excluding hydrogens is 395 g/mol. The minimum atomic E-state index is -4.87. The Balaban J connectivity index is 1.73. The third kappa shape index (κ3) is 4.62. The molecule has 2 aromatic carbocycles. The molecule has 3 rings (SSSR count). The molecule has 1 atom stereocenters. The number of nitro groups is 1. The van der Waals surface area contributed by atoms with E-state index in [1.807, 2.05) is 0 Å². The topological polar surface area (TPSA) is 102 Å². The number of nitro benzene ring substituents is 1. The van der Waals surface area contributed by atoms with Gasteiger partial charge in [-0.15, -0.1) is 13.2 Å². The lowest BCUT2D eigenvalue weighted by Gasteiger charge is -2.18. The van der Waals surface area contributed by atoms with Gasteiger partial charge in [-0.25, -0.2) is 0 Å². The molecule has 0 aromatic heterocycles. The Morgan fingerprint density at radius 1 is 1.21 bits per heavy atom. The van der Waals surface area contributed by atoms with Crippen molar-refractivity contribution in [2.24, 2.45) is 0 Å². The molecular formula is C18H14F3N3O5. The second-order valence-electron chi connectivity index (χ2n) is 6.12. The van der Waals surface area contributed by atoms with E-state index in [0.717, 1.165) is 12.1 Å². The van der Waals surface area contributed by atoms with Crippen molar-refractivity contribution in [3.05, 3.63) is 64.2 Å². The quantitative estimate of drug-likeness (QED) is 0.604. The van der Waals surface area contributed by atoms with Gasteiger partial charge in [0, 0.05) is 24.4 Å². The molecule has 1 N–H and O–H groups in total. The number of rotatable bonds is 5. The summed E-state index contributed by atoms with van der Waals surface area (Å²) in [6.45, 7) is 0.149. The second-order valence-corrected chi connectivity index (χ2v) is 6.12. The van der Waals surface area contributed by atoms with E-state index in [1.54, 1.807) is 0 Å². The predicted octanol–water partition coefficient (Wildman–Crippen LogP) is 3.03. The molecule has 1 aliphatic heterocycles. The molecule has 0 aliphatic carbocycles. The van der Waals surface area contributed by atoms with Gasteiger partial charge in [-0.05, 0) is 24.6 Å². The number of hydrogen-bond acceptors (Lipinski definition) is 5. The number of para-hydroxylation sites is 1. The lowest BCUT2D eigenvalue weighted by atomic mass is 10.1. The van der Waals surface area contributed by atoms with Crippen molar-refractivity contribution in [3.63, 3.8) is 0 Å². The molecule has 29 heavy (non-hydrogen) atoms. The minimum absolute atomic E-state index is 0.149. The van der Waals surface area contributed by atoms with Gasteiger partial charge in [-0.2, -0.15) is 0 Å². The van der Waals surface area contributed by atoms with Gasteiger partial charge in [0.05, 0.1) is 4.92 Å². The third-order valence-electron chi connectivity index (χ3n) is 4.22. The number of carbonyl (C=O) groups excluding carboxylic acids is 2. The Bertz CT molecular complexity index is 964. The molecule has 1 aliphatic rings. The molecule has 2 aromatic rings. The second kappa shape index (κ2) is 7.78. The van der Waals surface area contributed by atoms with Gasteiger partial charge in [-0.1, -0.05) is 18.2 Å². The normalized spacial score (nSPS) is 16.6. The molecule has 2 amide bonds. The lowest BCUT2D eigenvalue weighted by molar-refractivity contribution is -0.385. The first-order valence-electron chi connectivity index (χ1n) is 8.37. The summed E-state index contributed by atoms with van der Waals surface area (Å²) in [5.41, 5.74) is -0.409. The standard InChI is InChI=1S/C18H14F3N3O5/c19-18(20,21)29-12-5-3-4-11(10-12)23-9-8-14(17(23)26)22-16(25)13-6-1-2-7-15(13)24(27)28/h1-7,10,14H,8-9H2,(H,22,25). The highest BCUT2D eigenvalue weighted by molar-refractivity contribution is 6.05. The van der Waals surface area contributed by atoms with Crippen LogP contribution < -0.4 is 15.0 Å². The van der Waals surface area contributed by atoms with E-state index in [1.165, 1.54) is 41.3 Å². The predicted molar refractivity (Wildman–Crippen MR) is 94.4 cm³/mol. The summed E-state index contributed by atoms with van der Waals surface area (Å²) < 4.78 is 41.0. The number of nitrogens with zero attached hydrogens (tertiary/aromatic N) is 2. The average molecular weight is 409 g/mol. The van der Waals surface area contributed by atoms with Gasteiger partial charge < -0.3 is 15.0 Å². The Morgan fingerprint density at radius 3 is 2.62 bits per heavy atom. The maximum absolute atomic E-state index is 12.6. The molecule has 1 unspecified atom stereocenters. The van der Waals surface area contributed by atoms with Crippen molar-refractivity contribution in [2.75, 3.05) is 11.4 Å². The van der Waals surface area contributed by atoms with Crippen LogP contribution in [0.5, 0.6) is 5.75 Å². The molecule has 0 saturated carbocycles. The maximum Gasteiger partial charge on any atom is 0.573 e. The highest BCUT2D eigenvalue weighted by Crippen LogP contribution is 2.29. The van der Waals surface area contributed by atoms with Crippen LogP contribution >= 0.6 is 0 Å². The van der Waals surface area contributed by atoms with Crippen molar-refractivity contribution < 1.29 is 32.4 Å². The summed E-state index contributed by atoms with van der Waals surface area (Å²) in [7, 11) is 0. The summed E-state index contributed by atoms with van der Waals surface area (Å²) in [4.78, 5) is 36.6. The zero-order valence-corrected chi connectivity index (χ0v) is 14.7. The average Bonchev–Trinajstić information content (AvgIpc) is 3.01. The minimum Gasteiger partial charge on any atom is -0.406 e. The fraction of sp³-hybridized carbons (Fsp3) is 0.222. The number of halogens is 3. The molecule has 8 nitrogen and oxygen atoms in total. The highest BCUT2D eigenvalue weighted by atomic mass is 19.4. The first kappa shape index (κ1) is 20.1. The zero-order valence-electron chi connectivity index (χ0n) is 14.7. The summed E-state index contributed by atoms with van der Waals surface area (Å²) in [6.07, 6.45) is -4.68. The largest absolute Gasteiger partial charge is 0.573 e. The summed E-state index contributed by atoms with van der Waals surface area (Å²) in [5.74, 6) is -1.80. The van der Waals surface area contributed by atoms with Crippen molar-refractivity contribution >= 4 is 23.2 Å². The molecule has 1 saturated heterocycles. The number of alkyl halides is 3. The number of amides is 2. The van der Waals surface area contributed by atoms with Gasteiger partial charge in [0.15, 0.2) is 0 Å². The Hall–Kier alpha value is -3.63. The van der Waals surface area contributed by atoms with Crippen LogP contribution in [0.3, 0.4) is 0 Å². The van der Waals surface area contributed by atoms with Crippen LogP contribution in [-0.2, 0) is 4.79 Å². The van der Waals surface area contributed by atoms with Gasteiger partial charge in [0.25, 0.3) is 11.6 Å². The van der Waals surface area contributed by atoms with Crippen LogP contribution in [0.1, 0.15) is 16.8 Å². The van der Waals surface area contributed by atoms with Crippen LogP contribution in [0.15, 0.2) is 48.5 Å². The summed E-state index contributed by atoms with van der Waals surface area (Å²) in [5, 5.41) is 13.5. The summed E-state index contributed by atoms with van der Waals surface area (Å²) >= 11 is 0. The number of ether oxygens (including phenoxy) is 1. The monoisotopic (exact) mass is 409 g/mol. The van der Waals surface area contributed by atoms with Crippen molar-refractivity contribution in [1.82, 2.24) is 5.32 Å². The first-order chi connectivity index (χ1) is 13.7. The smallest absolute Gasteiger partial charge is 0.406 e. The van der Waals surface area contributed by atoms with Gasteiger partial charge >= 0.3 is 6.36 Å². The van der Waals surface area contributed by atoms with Crippen molar-refractivity contribution in [2.45, 2.75) is 18.8 Å². The van der Waals surface area contributed by atoms with Crippen LogP contribution in [-0.4, -0.2) is 35.7 Å². The van der Waals surface area contributed by atoms with E-state index in [9.17, 15) is 32.9 Å². The fourth-order valence-corrected chi connectivity index (χ4v) is 2.98. The Kier molecular flexibility index (Phi) is 5.39. The van der Waals surface area contributed by atoms with Crippen molar-refractivity contribution in [3.8, 4) is 5.75 Å². The van der Waals surface area contributed by atoms with Gasteiger partial charge in [0.2, 0.25) is 5.91 Å². The molecule has 0 spiro atoms. The van der Waals surface area contributed by atoms with Crippen LogP contribution in [0.25, 0.3) is 0 Å². The van der Waals surface area contributed by atoms with E-state index >= 15 is 0 Å². The lowest BCUT2D eigenvalue weighted by Crippen LogP contribution is -2.41. The van der Waals surface area contributed by atoms with Crippen LogP contribution in [0, 0.1) is 10.1 Å². The Morgan fingerprint density at radius 2 is 1.93 bits per heavy atom. The van der Waals surface area contributed by atoms with Crippen molar-refractivity contribution in [1.29, 1.82) is 0 Å². The highest BCUT2D eigenvalue weighted by Gasteiger charge is 2.36. The SMILES string of the molecule is O=C(NC1CCN(c2cccc(OC(F)(F)F)c2)C1=O)c1ccccc1[N+](=O)[O-]. The van der Waals surface area contributed by atoms with E-state index in [2.05, 4.69) is 10.1 Å². The molecule has 1 heterocycles. The molecule has 11 heteroatoms. The van der Waals surface area contributed by atoms with Gasteiger partial charge in [0.1, 0.15) is 17.4 Å². The fourth-order valence-electron chi connectivity index (χ4n) is 2.98. The number of nitrogens with one attached hydrogen (secondary N) is 1. The van der Waals surface area contributed by atoms with Gasteiger partial charge in [-0.3, -0.25) is 19.7 Å². The number of hydrogen-bond donors (Lipinski definition) is 1. The van der Waals surface area contributed by atoms with E-state index in [-0.39, 0.29) is 24.2 Å². The Labute approximate surface area is 162 Å². The molecule has 0 bridgehead atoms. The number of carbonyl (C=O) groups is 2. The van der Waals surface area contributed by atoms with Crippen LogP contribution in [0.2, 0.25) is 0 Å². The summed E-state index contributed by atoms with van der Waals surface area (Å²) in [6, 6.07) is 9.25. The van der Waals surface area contributed by atoms with E-state index < -0.39 is 40.6 Å². The molecule has 152 valence electrons. The zero-order chi connectivity index (χ0) is 21.2. The van der Waals surface area contributed by atoms with E-state index in [4.69, 9.17) is 0 Å². The number of benzene rings is 2. The first-order valence-corrected chi connectivity index (χ1v) is 8.37. The van der Waals surface area contributed by atoms with Crippen LogP contribution in [0.4, 0.5) is 24.5 Å². The third-order valence-corrected chi connectivity index (χ3v) is 4.22. The maximum atomic E-state index is 12.6. The molecule has 0 radical (unpaired) electrons. The van der Waals surface area contributed by atoms with E-state index in [0.29, 0.717) is 0 Å². The molecule has 1 fully saturated rings.